The third kappa shape index (κ3) is 3.24. The number of carbonyl (C=O) groups is 1. The summed E-state index contributed by atoms with van der Waals surface area (Å²) in [6.45, 7) is 4.54. The molecule has 2 rings (SSSR count). The van der Waals surface area contributed by atoms with Gasteiger partial charge in [0, 0.05) is 17.8 Å². The largest absolute Gasteiger partial charge is 0.370 e. The van der Waals surface area contributed by atoms with E-state index in [2.05, 4.69) is 31.0 Å². The minimum Gasteiger partial charge on any atom is -0.370 e. The van der Waals surface area contributed by atoms with Gasteiger partial charge in [-0.2, -0.15) is 4.80 Å². The van der Waals surface area contributed by atoms with E-state index >= 15 is 0 Å². The molecule has 0 saturated heterocycles. The maximum Gasteiger partial charge on any atom is 0.270 e. The molecule has 2 heterocycles. The molecule has 0 fully saturated rings. The van der Waals surface area contributed by atoms with Crippen LogP contribution in [0.5, 0.6) is 0 Å². The van der Waals surface area contributed by atoms with Gasteiger partial charge >= 0.3 is 0 Å². The molecule has 0 aliphatic heterocycles. The van der Waals surface area contributed by atoms with Gasteiger partial charge in [0.15, 0.2) is 0 Å². The first kappa shape index (κ1) is 12.9. The quantitative estimate of drug-likeness (QED) is 0.836. The number of tetrazole rings is 1. The third-order valence-corrected chi connectivity index (χ3v) is 2.31. The molecule has 19 heavy (non-hydrogen) atoms. The Morgan fingerprint density at radius 3 is 2.84 bits per heavy atom. The van der Waals surface area contributed by atoms with Crippen molar-refractivity contribution in [3.8, 4) is 0 Å². The summed E-state index contributed by atoms with van der Waals surface area (Å²) in [5.74, 6) is 0.546. The molecular formula is C11H15N7O. The van der Waals surface area contributed by atoms with Gasteiger partial charge in [-0.3, -0.25) is 10.1 Å². The first-order valence-corrected chi connectivity index (χ1v) is 5.86. The normalized spacial score (nSPS) is 10.3. The lowest BCUT2D eigenvalue weighted by atomic mass is 10.2. The highest BCUT2D eigenvalue weighted by Gasteiger charge is 2.11. The Hall–Kier alpha value is -2.51. The predicted octanol–water partition coefficient (Wildman–Crippen LogP) is 0.598. The Bertz CT molecular complexity index is 592. The van der Waals surface area contributed by atoms with E-state index < -0.39 is 0 Å². The van der Waals surface area contributed by atoms with Crippen LogP contribution in [0.15, 0.2) is 12.1 Å². The molecule has 0 aliphatic carbocycles. The minimum atomic E-state index is -0.294. The van der Waals surface area contributed by atoms with Gasteiger partial charge in [-0.15, -0.1) is 5.10 Å². The van der Waals surface area contributed by atoms with Crippen molar-refractivity contribution in [2.45, 2.75) is 13.8 Å². The fraction of sp³-hybridized carbons (Fsp3) is 0.364. The molecule has 0 radical (unpaired) electrons. The monoisotopic (exact) mass is 261 g/mol. The fourth-order valence-electron chi connectivity index (χ4n) is 1.58. The van der Waals surface area contributed by atoms with Crippen molar-refractivity contribution in [2.75, 3.05) is 17.2 Å². The van der Waals surface area contributed by atoms with Gasteiger partial charge in [-0.05, 0) is 31.2 Å². The molecule has 8 nitrogen and oxygen atoms in total. The number of pyridine rings is 1. The molecule has 1 amide bonds. The first-order chi connectivity index (χ1) is 9.08. The summed E-state index contributed by atoms with van der Waals surface area (Å²) in [7, 11) is 1.63. The Morgan fingerprint density at radius 2 is 2.21 bits per heavy atom. The Labute approximate surface area is 110 Å². The van der Waals surface area contributed by atoms with Crippen LogP contribution in [0.3, 0.4) is 0 Å². The van der Waals surface area contributed by atoms with Crippen LogP contribution < -0.4 is 10.6 Å². The number of nitrogens with zero attached hydrogens (tertiary/aromatic N) is 5. The number of aromatic nitrogens is 5. The van der Waals surface area contributed by atoms with Gasteiger partial charge in [-0.25, -0.2) is 4.98 Å². The second kappa shape index (κ2) is 5.42. The topological polar surface area (TPSA) is 97.6 Å². The van der Waals surface area contributed by atoms with Crippen LogP contribution in [0, 0.1) is 6.92 Å². The van der Waals surface area contributed by atoms with Gasteiger partial charge in [0.25, 0.3) is 11.9 Å². The predicted molar refractivity (Wildman–Crippen MR) is 69.9 cm³/mol. The molecule has 2 aromatic rings. The lowest BCUT2D eigenvalue weighted by Gasteiger charge is -2.07. The van der Waals surface area contributed by atoms with Crippen LogP contribution in [0.4, 0.5) is 11.8 Å². The van der Waals surface area contributed by atoms with Gasteiger partial charge in [0.2, 0.25) is 0 Å². The highest BCUT2D eigenvalue weighted by atomic mass is 16.1. The molecule has 0 spiro atoms. The zero-order valence-electron chi connectivity index (χ0n) is 11.0. The van der Waals surface area contributed by atoms with Crippen LogP contribution >= 0.6 is 0 Å². The molecule has 0 aromatic carbocycles. The lowest BCUT2D eigenvalue weighted by Crippen LogP contribution is -2.14. The Balaban J connectivity index is 2.18. The fourth-order valence-corrected chi connectivity index (χ4v) is 1.58. The highest BCUT2D eigenvalue weighted by Crippen LogP contribution is 2.11. The summed E-state index contributed by atoms with van der Waals surface area (Å²) in [5, 5.41) is 16.9. The van der Waals surface area contributed by atoms with E-state index in [0.29, 0.717) is 11.4 Å². The van der Waals surface area contributed by atoms with Crippen molar-refractivity contribution in [1.82, 2.24) is 25.2 Å². The van der Waals surface area contributed by atoms with Crippen LogP contribution in [0.25, 0.3) is 0 Å². The second-order valence-electron chi connectivity index (χ2n) is 3.97. The van der Waals surface area contributed by atoms with Gasteiger partial charge < -0.3 is 5.32 Å². The maximum atomic E-state index is 12.0. The van der Waals surface area contributed by atoms with E-state index in [1.807, 2.05) is 13.8 Å². The van der Waals surface area contributed by atoms with Gasteiger partial charge in [0.05, 0.1) is 7.05 Å². The van der Waals surface area contributed by atoms with Crippen molar-refractivity contribution < 1.29 is 4.79 Å². The number of anilines is 2. The summed E-state index contributed by atoms with van der Waals surface area (Å²) < 4.78 is 0. The van der Waals surface area contributed by atoms with Crippen molar-refractivity contribution in [1.29, 1.82) is 0 Å². The van der Waals surface area contributed by atoms with Gasteiger partial charge in [-0.1, -0.05) is 5.10 Å². The Kier molecular flexibility index (Phi) is 3.69. The van der Waals surface area contributed by atoms with Crippen molar-refractivity contribution in [3.63, 3.8) is 0 Å². The Morgan fingerprint density at radius 1 is 1.42 bits per heavy atom. The summed E-state index contributed by atoms with van der Waals surface area (Å²) in [6.07, 6.45) is 0. The third-order valence-electron chi connectivity index (χ3n) is 2.31. The van der Waals surface area contributed by atoms with E-state index in [1.165, 1.54) is 4.80 Å². The minimum absolute atomic E-state index is 0.173. The van der Waals surface area contributed by atoms with Crippen LogP contribution in [0.1, 0.15) is 23.0 Å². The van der Waals surface area contributed by atoms with E-state index in [-0.39, 0.29) is 11.9 Å². The molecule has 0 atom stereocenters. The number of hydrogen-bond donors (Lipinski definition) is 2. The average Bonchev–Trinajstić information content (AvgIpc) is 2.74. The van der Waals surface area contributed by atoms with Crippen LogP contribution in [-0.4, -0.2) is 37.6 Å². The molecule has 0 saturated carbocycles. The van der Waals surface area contributed by atoms with Crippen molar-refractivity contribution in [3.05, 3.63) is 23.4 Å². The smallest absolute Gasteiger partial charge is 0.270 e. The standard InChI is InChI=1S/C11H15N7O/c1-4-12-9-6-8(5-7(2)13-9)10(19)14-11-15-17-18(3)16-11/h5-6H,4H2,1-3H3,(H,12,13)(H,14,16,19). The molecule has 2 aromatic heterocycles. The van der Waals surface area contributed by atoms with Crippen molar-refractivity contribution >= 4 is 17.7 Å². The molecule has 0 bridgehead atoms. The number of aryl methyl sites for hydroxylation is 2. The molecule has 0 unspecified atom stereocenters. The summed E-state index contributed by atoms with van der Waals surface area (Å²) in [5.41, 5.74) is 1.26. The highest BCUT2D eigenvalue weighted by molar-refractivity contribution is 6.03. The zero-order valence-corrected chi connectivity index (χ0v) is 11.0. The number of carbonyl (C=O) groups excluding carboxylic acids is 1. The second-order valence-corrected chi connectivity index (χ2v) is 3.97. The molecule has 0 aliphatic rings. The molecule has 2 N–H and O–H groups in total. The van der Waals surface area contributed by atoms with E-state index in [4.69, 9.17) is 0 Å². The molecule has 100 valence electrons. The lowest BCUT2D eigenvalue weighted by molar-refractivity contribution is 0.102. The maximum absolute atomic E-state index is 12.0. The first-order valence-electron chi connectivity index (χ1n) is 5.86. The number of hydrogen-bond acceptors (Lipinski definition) is 6. The summed E-state index contributed by atoms with van der Waals surface area (Å²) in [6, 6.07) is 3.38. The van der Waals surface area contributed by atoms with E-state index in [9.17, 15) is 4.79 Å². The molecular weight excluding hydrogens is 246 g/mol. The zero-order chi connectivity index (χ0) is 13.8. The van der Waals surface area contributed by atoms with Crippen molar-refractivity contribution in [2.24, 2.45) is 7.05 Å². The number of amides is 1. The van der Waals surface area contributed by atoms with E-state index in [0.717, 1.165) is 12.2 Å². The van der Waals surface area contributed by atoms with Gasteiger partial charge in [0.1, 0.15) is 5.82 Å². The molecule has 8 heteroatoms. The summed E-state index contributed by atoms with van der Waals surface area (Å²) in [4.78, 5) is 17.6. The average molecular weight is 261 g/mol. The number of nitrogens with one attached hydrogen (secondary N) is 2. The van der Waals surface area contributed by atoms with Crippen LogP contribution in [-0.2, 0) is 7.05 Å². The van der Waals surface area contributed by atoms with E-state index in [1.54, 1.807) is 19.2 Å². The number of rotatable bonds is 4. The van der Waals surface area contributed by atoms with Crippen LogP contribution in [0.2, 0.25) is 0 Å². The summed E-state index contributed by atoms with van der Waals surface area (Å²) >= 11 is 0. The SMILES string of the molecule is CCNc1cc(C(=O)Nc2nnn(C)n2)cc(C)n1.